The van der Waals surface area contributed by atoms with Crippen LogP contribution in [0.4, 0.5) is 3.89 Å². The van der Waals surface area contributed by atoms with E-state index in [0.717, 1.165) is 6.07 Å². The van der Waals surface area contributed by atoms with Gasteiger partial charge >= 0.3 is 10.5 Å². The molecule has 0 unspecified atom stereocenters. The molecule has 0 atom stereocenters. The number of nitrogens with one attached hydrogen (secondary N) is 1. The van der Waals surface area contributed by atoms with Gasteiger partial charge in [-0.15, -0.1) is 0 Å². The van der Waals surface area contributed by atoms with Crippen molar-refractivity contribution in [3.8, 4) is 5.75 Å². The van der Waals surface area contributed by atoms with Gasteiger partial charge in [-0.1, -0.05) is 9.95 Å². The Morgan fingerprint density at radius 2 is 2.11 bits per heavy atom. The van der Waals surface area contributed by atoms with E-state index in [-0.39, 0.29) is 29.5 Å². The van der Waals surface area contributed by atoms with Gasteiger partial charge in [0.25, 0.3) is 5.91 Å². The first-order chi connectivity index (χ1) is 8.73. The van der Waals surface area contributed by atoms with Crippen LogP contribution in [0.1, 0.15) is 29.8 Å². The molecule has 1 aromatic carbocycles. The minimum absolute atomic E-state index is 0.0447. The third-order valence-electron chi connectivity index (χ3n) is 2.16. The maximum atomic E-state index is 12.5. The van der Waals surface area contributed by atoms with Gasteiger partial charge in [-0.2, -0.15) is 8.42 Å². The fraction of sp³-hybridized carbons (Fsp3) is 0.364. The predicted molar refractivity (Wildman–Crippen MR) is 67.6 cm³/mol. The quantitative estimate of drug-likeness (QED) is 0.784. The lowest BCUT2D eigenvalue weighted by molar-refractivity contribution is 0.0942. The van der Waals surface area contributed by atoms with E-state index in [1.165, 1.54) is 12.1 Å². The summed E-state index contributed by atoms with van der Waals surface area (Å²) in [5.41, 5.74) is 5.82. The Balaban J connectivity index is 3.11. The molecule has 0 aliphatic carbocycles. The minimum Gasteiger partial charge on any atom is -0.358 e. The molecule has 3 N–H and O–H groups in total. The number of amides is 1. The zero-order chi connectivity index (χ0) is 14.6. The van der Waals surface area contributed by atoms with Gasteiger partial charge in [-0.05, 0) is 26.0 Å². The molecule has 0 heterocycles. The number of hydrogen-bond acceptors (Lipinski definition) is 5. The Morgan fingerprint density at radius 3 is 2.58 bits per heavy atom. The van der Waals surface area contributed by atoms with E-state index < -0.39 is 16.4 Å². The first-order valence-corrected chi connectivity index (χ1v) is 6.81. The number of halogens is 1. The highest BCUT2D eigenvalue weighted by atomic mass is 32.3. The van der Waals surface area contributed by atoms with Crippen LogP contribution in [0.3, 0.4) is 0 Å². The molecule has 0 fully saturated rings. The zero-order valence-corrected chi connectivity index (χ0v) is 11.3. The van der Waals surface area contributed by atoms with Crippen molar-refractivity contribution in [1.82, 2.24) is 5.32 Å². The highest BCUT2D eigenvalue weighted by molar-refractivity contribution is 7.81. The molecule has 0 bridgehead atoms. The average molecular weight is 290 g/mol. The van der Waals surface area contributed by atoms with Gasteiger partial charge in [0, 0.05) is 23.7 Å². The normalized spacial score (nSPS) is 11.4. The fourth-order valence-electron chi connectivity index (χ4n) is 1.39. The monoisotopic (exact) mass is 290 g/mol. The average Bonchev–Trinajstić information content (AvgIpc) is 2.25. The fourth-order valence-corrected chi connectivity index (χ4v) is 1.76. The molecule has 1 rings (SSSR count). The third kappa shape index (κ3) is 4.84. The lowest BCUT2D eigenvalue weighted by Crippen LogP contribution is -2.30. The Labute approximate surface area is 111 Å². The van der Waals surface area contributed by atoms with E-state index in [4.69, 9.17) is 5.73 Å². The van der Waals surface area contributed by atoms with Crippen molar-refractivity contribution < 1.29 is 21.3 Å². The molecule has 0 radical (unpaired) electrons. The summed E-state index contributed by atoms with van der Waals surface area (Å²) in [5, 5.41) is 2.62. The van der Waals surface area contributed by atoms with Gasteiger partial charge in [0.2, 0.25) is 0 Å². The molecule has 6 nitrogen and oxygen atoms in total. The van der Waals surface area contributed by atoms with Gasteiger partial charge in [0.05, 0.1) is 0 Å². The van der Waals surface area contributed by atoms with E-state index in [2.05, 4.69) is 9.50 Å². The largest absolute Gasteiger partial charge is 0.488 e. The molecule has 0 saturated carbocycles. The molecule has 0 spiro atoms. The van der Waals surface area contributed by atoms with Gasteiger partial charge in [0.1, 0.15) is 0 Å². The highest BCUT2D eigenvalue weighted by Gasteiger charge is 2.16. The van der Waals surface area contributed by atoms with Crippen molar-refractivity contribution in [2.45, 2.75) is 26.4 Å². The second-order valence-electron chi connectivity index (χ2n) is 4.13. The Bertz CT molecular complexity index is 572. The summed E-state index contributed by atoms with van der Waals surface area (Å²) in [4.78, 5) is 11.7. The molecule has 1 amide bonds. The number of rotatable bonds is 5. The van der Waals surface area contributed by atoms with Crippen LogP contribution in [0, 0.1) is 0 Å². The second-order valence-corrected chi connectivity index (χ2v) is 5.08. The predicted octanol–water partition coefficient (Wildman–Crippen LogP) is 0.877. The first-order valence-electron chi connectivity index (χ1n) is 5.51. The summed E-state index contributed by atoms with van der Waals surface area (Å²) in [6, 6.07) is 3.92. The summed E-state index contributed by atoms with van der Waals surface area (Å²) >= 11 is 0. The van der Waals surface area contributed by atoms with Crippen LogP contribution >= 0.6 is 0 Å². The maximum Gasteiger partial charge on any atom is 0.488 e. The highest BCUT2D eigenvalue weighted by Crippen LogP contribution is 2.22. The zero-order valence-electron chi connectivity index (χ0n) is 10.5. The molecule has 106 valence electrons. The lowest BCUT2D eigenvalue weighted by atomic mass is 10.1. The second kappa shape index (κ2) is 5.98. The van der Waals surface area contributed by atoms with E-state index in [9.17, 15) is 17.1 Å². The van der Waals surface area contributed by atoms with Crippen LogP contribution in [-0.4, -0.2) is 20.4 Å². The number of carbonyl (C=O) groups excluding carboxylic acids is 1. The van der Waals surface area contributed by atoms with Crippen molar-refractivity contribution in [3.05, 3.63) is 29.3 Å². The Kier molecular flexibility index (Phi) is 4.84. The van der Waals surface area contributed by atoms with Gasteiger partial charge < -0.3 is 15.2 Å². The molecule has 0 aliphatic rings. The molecule has 0 saturated heterocycles. The Hall–Kier alpha value is -1.67. The van der Waals surface area contributed by atoms with Crippen molar-refractivity contribution >= 4 is 16.4 Å². The van der Waals surface area contributed by atoms with Crippen molar-refractivity contribution in [3.63, 3.8) is 0 Å². The van der Waals surface area contributed by atoms with Crippen LogP contribution in [-0.2, 0) is 17.0 Å². The summed E-state index contributed by atoms with van der Waals surface area (Å²) in [6.07, 6.45) is 0. The molecular formula is C11H15FN2O4S. The van der Waals surface area contributed by atoms with Crippen molar-refractivity contribution in [1.29, 1.82) is 0 Å². The van der Waals surface area contributed by atoms with E-state index in [1.807, 2.05) is 0 Å². The third-order valence-corrected chi connectivity index (χ3v) is 2.54. The summed E-state index contributed by atoms with van der Waals surface area (Å²) < 4.78 is 37.7. The SMILES string of the molecule is CC(C)NC(=O)c1ccc(CN)c(OS(=O)(=O)F)c1. The van der Waals surface area contributed by atoms with Crippen LogP contribution in [0.2, 0.25) is 0 Å². The van der Waals surface area contributed by atoms with Gasteiger partial charge in [0.15, 0.2) is 5.75 Å². The molecule has 1 aromatic rings. The van der Waals surface area contributed by atoms with Crippen LogP contribution in [0.5, 0.6) is 5.75 Å². The molecule has 0 aromatic heterocycles. The maximum absolute atomic E-state index is 12.5. The first kappa shape index (κ1) is 15.4. The topological polar surface area (TPSA) is 98.5 Å². The Morgan fingerprint density at radius 1 is 1.47 bits per heavy atom. The number of carbonyl (C=O) groups is 1. The minimum atomic E-state index is -5.16. The molecule has 0 aliphatic heterocycles. The summed E-state index contributed by atoms with van der Waals surface area (Å²) in [6.45, 7) is 3.50. The van der Waals surface area contributed by atoms with Crippen LogP contribution < -0.4 is 15.2 Å². The number of hydrogen-bond donors (Lipinski definition) is 2. The van der Waals surface area contributed by atoms with E-state index in [1.54, 1.807) is 13.8 Å². The smallest absolute Gasteiger partial charge is 0.358 e. The molecule has 19 heavy (non-hydrogen) atoms. The van der Waals surface area contributed by atoms with E-state index in [0.29, 0.717) is 0 Å². The van der Waals surface area contributed by atoms with Gasteiger partial charge in [-0.3, -0.25) is 4.79 Å². The van der Waals surface area contributed by atoms with Crippen LogP contribution in [0.15, 0.2) is 18.2 Å². The lowest BCUT2D eigenvalue weighted by Gasteiger charge is -2.11. The molecule has 8 heteroatoms. The summed E-state index contributed by atoms with van der Waals surface area (Å²) in [5.74, 6) is -0.707. The van der Waals surface area contributed by atoms with Crippen molar-refractivity contribution in [2.75, 3.05) is 0 Å². The van der Waals surface area contributed by atoms with E-state index >= 15 is 0 Å². The number of nitrogens with two attached hydrogens (primary N) is 1. The molecular weight excluding hydrogens is 275 g/mol. The summed E-state index contributed by atoms with van der Waals surface area (Å²) in [7, 11) is -5.16. The van der Waals surface area contributed by atoms with Crippen LogP contribution in [0.25, 0.3) is 0 Å². The standard InChI is InChI=1S/C11H15FN2O4S/c1-7(2)14-11(15)8-3-4-9(6-13)10(5-8)18-19(12,16)17/h3-5,7H,6,13H2,1-2H3,(H,14,15). The number of benzene rings is 1. The van der Waals surface area contributed by atoms with Gasteiger partial charge in [-0.25, -0.2) is 0 Å². The van der Waals surface area contributed by atoms with Crippen molar-refractivity contribution in [2.24, 2.45) is 5.73 Å².